The van der Waals surface area contributed by atoms with Crippen LogP contribution in [0.4, 0.5) is 0 Å². The topological polar surface area (TPSA) is 69.7 Å². The first-order valence-corrected chi connectivity index (χ1v) is 7.92. The van der Waals surface area contributed by atoms with Crippen molar-refractivity contribution in [1.29, 1.82) is 0 Å². The van der Waals surface area contributed by atoms with Gasteiger partial charge in [0.25, 0.3) is 0 Å². The molecule has 0 spiro atoms. The quantitative estimate of drug-likeness (QED) is 0.443. The van der Waals surface area contributed by atoms with Crippen LogP contribution in [0.25, 0.3) is 10.8 Å². The summed E-state index contributed by atoms with van der Waals surface area (Å²) in [6.07, 6.45) is -0.325. The van der Waals surface area contributed by atoms with E-state index in [1.165, 1.54) is 0 Å². The number of hydrogen-bond acceptors (Lipinski definition) is 5. The van der Waals surface area contributed by atoms with Gasteiger partial charge in [0.15, 0.2) is 5.78 Å². The SMILES string of the molecule is CCOC(=O)CC(C(=O)OCC)C(=O)c1cccc2ccccc12. The highest BCUT2D eigenvalue weighted by atomic mass is 16.5. The Bertz CT molecular complexity index is 745. The first-order chi connectivity index (χ1) is 11.6. The Labute approximate surface area is 140 Å². The molecule has 0 fully saturated rings. The Morgan fingerprint density at radius 3 is 2.29 bits per heavy atom. The molecule has 1 unspecified atom stereocenters. The summed E-state index contributed by atoms with van der Waals surface area (Å²) in [5.74, 6) is -2.93. The monoisotopic (exact) mass is 328 g/mol. The Morgan fingerprint density at radius 1 is 0.917 bits per heavy atom. The van der Waals surface area contributed by atoms with Gasteiger partial charge in [-0.2, -0.15) is 0 Å². The molecular formula is C19H20O5. The maximum Gasteiger partial charge on any atom is 0.317 e. The molecule has 2 rings (SSSR count). The molecule has 2 aromatic rings. The third-order valence-electron chi connectivity index (χ3n) is 3.62. The van der Waals surface area contributed by atoms with Gasteiger partial charge in [-0.3, -0.25) is 14.4 Å². The molecule has 1 atom stereocenters. The second kappa shape index (κ2) is 8.24. The molecule has 24 heavy (non-hydrogen) atoms. The summed E-state index contributed by atoms with van der Waals surface area (Å²) in [4.78, 5) is 36.9. The molecule has 0 amide bonds. The van der Waals surface area contributed by atoms with E-state index in [0.717, 1.165) is 10.8 Å². The zero-order valence-corrected chi connectivity index (χ0v) is 13.8. The summed E-state index contributed by atoms with van der Waals surface area (Å²) in [5, 5.41) is 1.63. The summed E-state index contributed by atoms with van der Waals surface area (Å²) < 4.78 is 9.85. The van der Waals surface area contributed by atoms with Crippen LogP contribution in [-0.4, -0.2) is 30.9 Å². The lowest BCUT2D eigenvalue weighted by molar-refractivity contribution is -0.152. The van der Waals surface area contributed by atoms with Crippen molar-refractivity contribution >= 4 is 28.5 Å². The molecule has 0 aliphatic rings. The van der Waals surface area contributed by atoms with Crippen molar-refractivity contribution in [3.63, 3.8) is 0 Å². The van der Waals surface area contributed by atoms with Gasteiger partial charge in [0.1, 0.15) is 5.92 Å². The maximum atomic E-state index is 12.9. The number of fused-ring (bicyclic) bond motifs is 1. The fraction of sp³-hybridized carbons (Fsp3) is 0.316. The van der Waals surface area contributed by atoms with Gasteiger partial charge >= 0.3 is 11.9 Å². The fourth-order valence-electron chi connectivity index (χ4n) is 2.54. The van der Waals surface area contributed by atoms with Crippen LogP contribution in [0.2, 0.25) is 0 Å². The van der Waals surface area contributed by atoms with Crippen molar-refractivity contribution in [3.05, 3.63) is 48.0 Å². The first-order valence-electron chi connectivity index (χ1n) is 7.92. The summed E-state index contributed by atoms with van der Waals surface area (Å²) >= 11 is 0. The number of carbonyl (C=O) groups is 3. The molecule has 0 aromatic heterocycles. The van der Waals surface area contributed by atoms with Gasteiger partial charge in [-0.1, -0.05) is 42.5 Å². The largest absolute Gasteiger partial charge is 0.466 e. The average Bonchev–Trinajstić information content (AvgIpc) is 2.59. The van der Waals surface area contributed by atoms with Crippen molar-refractivity contribution in [2.24, 2.45) is 5.92 Å². The van der Waals surface area contributed by atoms with E-state index in [-0.39, 0.29) is 19.6 Å². The summed E-state index contributed by atoms with van der Waals surface area (Å²) in [6.45, 7) is 3.66. The predicted molar refractivity (Wildman–Crippen MR) is 89.7 cm³/mol. The normalized spacial score (nSPS) is 11.8. The van der Waals surface area contributed by atoms with Gasteiger partial charge in [0.2, 0.25) is 0 Å². The smallest absolute Gasteiger partial charge is 0.317 e. The van der Waals surface area contributed by atoms with E-state index in [4.69, 9.17) is 9.47 Å². The molecule has 0 saturated heterocycles. The maximum absolute atomic E-state index is 12.9. The zero-order valence-electron chi connectivity index (χ0n) is 13.8. The number of benzene rings is 2. The van der Waals surface area contributed by atoms with Gasteiger partial charge in [0, 0.05) is 5.56 Å². The van der Waals surface area contributed by atoms with Crippen molar-refractivity contribution in [1.82, 2.24) is 0 Å². The number of ketones is 1. The molecule has 5 heteroatoms. The summed E-state index contributed by atoms with van der Waals surface area (Å²) in [7, 11) is 0. The summed E-state index contributed by atoms with van der Waals surface area (Å²) in [5.41, 5.74) is 0.399. The third-order valence-corrected chi connectivity index (χ3v) is 3.62. The van der Waals surface area contributed by atoms with Crippen LogP contribution in [-0.2, 0) is 19.1 Å². The van der Waals surface area contributed by atoms with E-state index < -0.39 is 23.6 Å². The van der Waals surface area contributed by atoms with Crippen LogP contribution >= 0.6 is 0 Å². The van der Waals surface area contributed by atoms with Crippen LogP contribution in [0.1, 0.15) is 30.6 Å². The molecule has 0 bridgehead atoms. The minimum absolute atomic E-state index is 0.140. The third kappa shape index (κ3) is 3.98. The number of esters is 2. The van der Waals surface area contributed by atoms with Gasteiger partial charge in [-0.05, 0) is 24.6 Å². The van der Waals surface area contributed by atoms with E-state index in [2.05, 4.69) is 0 Å². The van der Waals surface area contributed by atoms with Crippen molar-refractivity contribution in [2.45, 2.75) is 20.3 Å². The molecule has 5 nitrogen and oxygen atoms in total. The lowest BCUT2D eigenvalue weighted by Gasteiger charge is -2.15. The molecular weight excluding hydrogens is 308 g/mol. The minimum Gasteiger partial charge on any atom is -0.466 e. The molecule has 0 heterocycles. The highest BCUT2D eigenvalue weighted by Crippen LogP contribution is 2.23. The fourth-order valence-corrected chi connectivity index (χ4v) is 2.54. The Balaban J connectivity index is 2.38. The van der Waals surface area contributed by atoms with E-state index in [0.29, 0.717) is 5.56 Å². The molecule has 0 saturated carbocycles. The Morgan fingerprint density at radius 2 is 1.58 bits per heavy atom. The number of ether oxygens (including phenoxy) is 2. The lowest BCUT2D eigenvalue weighted by atomic mass is 9.91. The molecule has 0 aliphatic carbocycles. The Kier molecular flexibility index (Phi) is 6.07. The van der Waals surface area contributed by atoms with Gasteiger partial charge in [-0.15, -0.1) is 0 Å². The first kappa shape index (κ1) is 17.7. The van der Waals surface area contributed by atoms with E-state index in [1.807, 2.05) is 30.3 Å². The van der Waals surface area contributed by atoms with E-state index in [9.17, 15) is 14.4 Å². The Hall–Kier alpha value is -2.69. The number of hydrogen-bond donors (Lipinski definition) is 0. The molecule has 126 valence electrons. The highest BCUT2D eigenvalue weighted by Gasteiger charge is 2.32. The number of rotatable bonds is 7. The van der Waals surface area contributed by atoms with Crippen LogP contribution in [0, 0.1) is 5.92 Å². The summed E-state index contributed by atoms with van der Waals surface area (Å²) in [6, 6.07) is 12.7. The molecule has 2 aromatic carbocycles. The van der Waals surface area contributed by atoms with Gasteiger partial charge in [0.05, 0.1) is 19.6 Å². The lowest BCUT2D eigenvalue weighted by Crippen LogP contribution is -2.29. The van der Waals surface area contributed by atoms with E-state index in [1.54, 1.807) is 26.0 Å². The molecule has 0 N–H and O–H groups in total. The molecule has 0 radical (unpaired) electrons. The van der Waals surface area contributed by atoms with E-state index >= 15 is 0 Å². The number of carbonyl (C=O) groups excluding carboxylic acids is 3. The van der Waals surface area contributed by atoms with Gasteiger partial charge < -0.3 is 9.47 Å². The van der Waals surface area contributed by atoms with Crippen molar-refractivity contribution in [2.75, 3.05) is 13.2 Å². The van der Waals surface area contributed by atoms with Crippen molar-refractivity contribution < 1.29 is 23.9 Å². The zero-order chi connectivity index (χ0) is 17.5. The second-order valence-corrected chi connectivity index (χ2v) is 5.20. The van der Waals surface area contributed by atoms with Crippen LogP contribution in [0.3, 0.4) is 0 Å². The average molecular weight is 328 g/mol. The van der Waals surface area contributed by atoms with Gasteiger partial charge in [-0.25, -0.2) is 0 Å². The predicted octanol–water partition coefficient (Wildman–Crippen LogP) is 3.16. The standard InChI is InChI=1S/C19H20O5/c1-3-23-17(20)12-16(19(22)24-4-2)18(21)15-11-7-9-13-8-5-6-10-14(13)15/h5-11,16H,3-4,12H2,1-2H3. The minimum atomic E-state index is -1.20. The second-order valence-electron chi connectivity index (χ2n) is 5.20. The van der Waals surface area contributed by atoms with Crippen molar-refractivity contribution in [3.8, 4) is 0 Å². The van der Waals surface area contributed by atoms with Crippen LogP contribution in [0.5, 0.6) is 0 Å². The van der Waals surface area contributed by atoms with Crippen LogP contribution in [0.15, 0.2) is 42.5 Å². The van der Waals surface area contributed by atoms with Crippen LogP contribution < -0.4 is 0 Å². The number of Topliss-reactive ketones (excluding diaryl/α,β-unsaturated/α-hetero) is 1. The highest BCUT2D eigenvalue weighted by molar-refractivity contribution is 6.16. The molecule has 0 aliphatic heterocycles.